The van der Waals surface area contributed by atoms with Crippen molar-refractivity contribution in [2.24, 2.45) is 5.73 Å². The predicted molar refractivity (Wildman–Crippen MR) is 62.1 cm³/mol. The van der Waals surface area contributed by atoms with Crippen LogP contribution in [0.3, 0.4) is 0 Å². The molecule has 1 atom stereocenters. The number of aliphatic hydroxyl groups is 1. The van der Waals surface area contributed by atoms with Crippen molar-refractivity contribution in [3.8, 4) is 5.75 Å². The fourth-order valence-corrected chi connectivity index (χ4v) is 1.80. The first kappa shape index (κ1) is 14.0. The van der Waals surface area contributed by atoms with Crippen LogP contribution in [0.15, 0.2) is 16.6 Å². The lowest BCUT2D eigenvalue weighted by molar-refractivity contribution is 0.265. The number of nitrogens with two attached hydrogens (primary N) is 1. The summed E-state index contributed by atoms with van der Waals surface area (Å²) in [4.78, 5) is 0. The van der Waals surface area contributed by atoms with Crippen molar-refractivity contribution < 1.29 is 10.2 Å². The third kappa shape index (κ3) is 3.00. The molecule has 6 heteroatoms. The van der Waals surface area contributed by atoms with Crippen LogP contribution in [0.1, 0.15) is 11.6 Å². The molecule has 0 heterocycles. The second-order valence-corrected chi connectivity index (χ2v) is 3.91. The fraction of sp³-hybridized carbons (Fsp3) is 0.250. The minimum absolute atomic E-state index is 0. The number of hydrogen-bond acceptors (Lipinski definition) is 3. The van der Waals surface area contributed by atoms with Crippen LogP contribution in [0, 0.1) is 0 Å². The van der Waals surface area contributed by atoms with E-state index in [2.05, 4.69) is 15.9 Å². The van der Waals surface area contributed by atoms with Gasteiger partial charge in [0.15, 0.2) is 0 Å². The number of aromatic hydroxyl groups is 1. The molecule has 0 radical (unpaired) electrons. The summed E-state index contributed by atoms with van der Waals surface area (Å²) >= 11 is 8.87. The van der Waals surface area contributed by atoms with Gasteiger partial charge in [0, 0.05) is 10.6 Å². The molecule has 1 aromatic carbocycles. The molecule has 0 bridgehead atoms. The van der Waals surface area contributed by atoms with Crippen molar-refractivity contribution in [3.05, 3.63) is 27.2 Å². The van der Waals surface area contributed by atoms with Crippen LogP contribution in [0.25, 0.3) is 0 Å². The minimum Gasteiger partial charge on any atom is -0.506 e. The van der Waals surface area contributed by atoms with Crippen molar-refractivity contribution in [1.82, 2.24) is 0 Å². The van der Waals surface area contributed by atoms with E-state index in [-0.39, 0.29) is 24.8 Å². The standard InChI is InChI=1S/C8H9BrClNO2.ClH/c9-6-2-4(10)1-5(8(6)13)7(11)3-12;/h1-2,7,12-13H,3,11H2;1H/t7-;/m1./s1. The summed E-state index contributed by atoms with van der Waals surface area (Å²) < 4.78 is 0.471. The lowest BCUT2D eigenvalue weighted by atomic mass is 10.1. The summed E-state index contributed by atoms with van der Waals surface area (Å²) in [7, 11) is 0. The Morgan fingerprint density at radius 3 is 2.57 bits per heavy atom. The largest absolute Gasteiger partial charge is 0.506 e. The maximum absolute atomic E-state index is 9.53. The van der Waals surface area contributed by atoms with E-state index in [4.69, 9.17) is 22.4 Å². The van der Waals surface area contributed by atoms with Gasteiger partial charge >= 0.3 is 0 Å². The number of halogens is 3. The number of phenolic OH excluding ortho intramolecular Hbond substituents is 1. The molecule has 0 unspecified atom stereocenters. The van der Waals surface area contributed by atoms with E-state index in [1.165, 1.54) is 6.07 Å². The third-order valence-corrected chi connectivity index (χ3v) is 2.48. The zero-order chi connectivity index (χ0) is 10.0. The van der Waals surface area contributed by atoms with Crippen LogP contribution >= 0.6 is 39.9 Å². The summed E-state index contributed by atoms with van der Waals surface area (Å²) in [5.41, 5.74) is 5.98. The Balaban J connectivity index is 0.00000169. The molecular formula is C8H10BrCl2NO2. The van der Waals surface area contributed by atoms with E-state index < -0.39 is 6.04 Å². The predicted octanol–water partition coefficient (Wildman–Crippen LogP) is 2.22. The molecule has 0 fully saturated rings. The highest BCUT2D eigenvalue weighted by Gasteiger charge is 2.13. The van der Waals surface area contributed by atoms with Crippen LogP contribution < -0.4 is 5.73 Å². The van der Waals surface area contributed by atoms with Crippen molar-refractivity contribution in [1.29, 1.82) is 0 Å². The molecule has 0 aliphatic carbocycles. The lowest BCUT2D eigenvalue weighted by Gasteiger charge is -2.12. The molecule has 3 nitrogen and oxygen atoms in total. The Kier molecular flexibility index (Phi) is 5.78. The number of aliphatic hydroxyl groups excluding tert-OH is 1. The minimum atomic E-state index is -0.616. The molecule has 0 saturated carbocycles. The Hall–Kier alpha value is -0.000000000000000111. The van der Waals surface area contributed by atoms with Crippen LogP contribution in [-0.4, -0.2) is 16.8 Å². The Morgan fingerprint density at radius 1 is 1.50 bits per heavy atom. The molecule has 0 aliphatic rings. The van der Waals surface area contributed by atoms with Crippen LogP contribution in [0.4, 0.5) is 0 Å². The van der Waals surface area contributed by atoms with E-state index in [0.29, 0.717) is 15.1 Å². The van der Waals surface area contributed by atoms with E-state index in [1.54, 1.807) is 6.07 Å². The van der Waals surface area contributed by atoms with Gasteiger partial charge in [-0.05, 0) is 28.1 Å². The second kappa shape index (κ2) is 5.78. The zero-order valence-electron chi connectivity index (χ0n) is 7.08. The average Bonchev–Trinajstić information content (AvgIpc) is 2.10. The fourth-order valence-electron chi connectivity index (χ4n) is 0.967. The third-order valence-electron chi connectivity index (χ3n) is 1.65. The molecule has 1 aromatic rings. The van der Waals surface area contributed by atoms with Crippen LogP contribution in [-0.2, 0) is 0 Å². The molecule has 0 aliphatic heterocycles. The first-order valence-corrected chi connectivity index (χ1v) is 4.77. The van der Waals surface area contributed by atoms with Crippen LogP contribution in [0.5, 0.6) is 5.75 Å². The summed E-state index contributed by atoms with van der Waals surface area (Å²) in [6.45, 7) is -0.236. The first-order chi connectivity index (χ1) is 6.06. The Morgan fingerprint density at radius 2 is 2.07 bits per heavy atom. The molecule has 14 heavy (non-hydrogen) atoms. The average molecular weight is 303 g/mol. The highest BCUT2D eigenvalue weighted by atomic mass is 79.9. The first-order valence-electron chi connectivity index (χ1n) is 3.60. The number of benzene rings is 1. The number of rotatable bonds is 2. The van der Waals surface area contributed by atoms with Crippen molar-refractivity contribution in [3.63, 3.8) is 0 Å². The molecular weight excluding hydrogens is 293 g/mol. The van der Waals surface area contributed by atoms with E-state index in [0.717, 1.165) is 0 Å². The Labute approximate surface area is 101 Å². The van der Waals surface area contributed by atoms with Gasteiger partial charge in [0.25, 0.3) is 0 Å². The van der Waals surface area contributed by atoms with Gasteiger partial charge in [-0.3, -0.25) is 0 Å². The molecule has 0 amide bonds. The summed E-state index contributed by atoms with van der Waals surface area (Å²) in [5, 5.41) is 18.8. The van der Waals surface area contributed by atoms with Gasteiger partial charge in [-0.1, -0.05) is 11.6 Å². The second-order valence-electron chi connectivity index (χ2n) is 2.61. The van der Waals surface area contributed by atoms with Gasteiger partial charge in [-0.15, -0.1) is 12.4 Å². The molecule has 0 saturated heterocycles. The van der Waals surface area contributed by atoms with Crippen molar-refractivity contribution >= 4 is 39.9 Å². The van der Waals surface area contributed by atoms with Crippen molar-refractivity contribution in [2.75, 3.05) is 6.61 Å². The molecule has 0 spiro atoms. The molecule has 80 valence electrons. The van der Waals surface area contributed by atoms with Crippen molar-refractivity contribution in [2.45, 2.75) is 6.04 Å². The van der Waals surface area contributed by atoms with Gasteiger partial charge < -0.3 is 15.9 Å². The number of phenols is 1. The Bertz CT molecular complexity index is 322. The maximum Gasteiger partial charge on any atom is 0.134 e. The van der Waals surface area contributed by atoms with Gasteiger partial charge in [0.1, 0.15) is 5.75 Å². The van der Waals surface area contributed by atoms with Gasteiger partial charge in [-0.2, -0.15) is 0 Å². The van der Waals surface area contributed by atoms with Gasteiger partial charge in [0.05, 0.1) is 17.1 Å². The normalized spacial score (nSPS) is 12.0. The SMILES string of the molecule is Cl.N[C@H](CO)c1cc(Cl)cc(Br)c1O. The molecule has 1 rings (SSSR count). The lowest BCUT2D eigenvalue weighted by Crippen LogP contribution is -2.14. The van der Waals surface area contributed by atoms with Gasteiger partial charge in [0.2, 0.25) is 0 Å². The summed E-state index contributed by atoms with van der Waals surface area (Å²) in [6.07, 6.45) is 0. The quantitative estimate of drug-likeness (QED) is 0.785. The maximum atomic E-state index is 9.53. The number of hydrogen-bond donors (Lipinski definition) is 3. The smallest absolute Gasteiger partial charge is 0.134 e. The van der Waals surface area contributed by atoms with E-state index in [1.807, 2.05) is 0 Å². The summed E-state index contributed by atoms with van der Waals surface area (Å²) in [6, 6.07) is 2.47. The topological polar surface area (TPSA) is 66.5 Å². The van der Waals surface area contributed by atoms with Gasteiger partial charge in [-0.25, -0.2) is 0 Å². The van der Waals surface area contributed by atoms with E-state index in [9.17, 15) is 5.11 Å². The van der Waals surface area contributed by atoms with Crippen LogP contribution in [0.2, 0.25) is 5.02 Å². The molecule has 0 aromatic heterocycles. The van der Waals surface area contributed by atoms with E-state index >= 15 is 0 Å². The monoisotopic (exact) mass is 301 g/mol. The highest BCUT2D eigenvalue weighted by molar-refractivity contribution is 9.10. The molecule has 4 N–H and O–H groups in total. The highest BCUT2D eigenvalue weighted by Crippen LogP contribution is 2.34. The summed E-state index contributed by atoms with van der Waals surface area (Å²) in [5.74, 6) is 0.0194. The zero-order valence-corrected chi connectivity index (χ0v) is 10.2.